The third-order valence-corrected chi connectivity index (χ3v) is 5.95. The average molecular weight is 484 g/mol. The van der Waals surface area contributed by atoms with Gasteiger partial charge in [0.15, 0.2) is 5.82 Å². The molecule has 1 aliphatic rings. The lowest BCUT2D eigenvalue weighted by Crippen LogP contribution is -2.28. The van der Waals surface area contributed by atoms with Crippen molar-refractivity contribution in [1.82, 2.24) is 20.2 Å². The molecule has 168 valence electrons. The first kappa shape index (κ1) is 21.4. The molecule has 1 aliphatic heterocycles. The van der Waals surface area contributed by atoms with E-state index in [1.807, 2.05) is 12.1 Å². The Morgan fingerprint density at radius 2 is 2.00 bits per heavy atom. The van der Waals surface area contributed by atoms with Crippen LogP contribution in [0.25, 0.3) is 0 Å². The lowest BCUT2D eigenvalue weighted by Gasteiger charge is -2.19. The summed E-state index contributed by atoms with van der Waals surface area (Å²) in [5.74, 6) is 2.44. The van der Waals surface area contributed by atoms with Gasteiger partial charge in [0.05, 0.1) is 18.3 Å². The Labute approximate surface area is 197 Å². The van der Waals surface area contributed by atoms with Crippen LogP contribution in [0.4, 0.5) is 0 Å². The van der Waals surface area contributed by atoms with Crippen LogP contribution in [0.15, 0.2) is 80.1 Å². The second kappa shape index (κ2) is 9.55. The van der Waals surface area contributed by atoms with Gasteiger partial charge in [-0.15, -0.1) is 5.10 Å². The number of ether oxygens (including phenoxy) is 1. The smallest absolute Gasteiger partial charge is 0.253 e. The standard InChI is InChI=1S/C22H18ClN5O4S/c23-14-5-7-15(8-6-14)32-12-20-24-22(26-25-20)33-13-21(29)28-17(19-4-2-10-31-19)11-16(27-28)18-3-1-9-30-18/h1-10,17H,11-13H2,(H,24,25,26). The molecule has 1 unspecified atom stereocenters. The molecular weight excluding hydrogens is 466 g/mol. The van der Waals surface area contributed by atoms with E-state index in [0.29, 0.717) is 45.4 Å². The molecule has 0 radical (unpaired) electrons. The molecular formula is C22H18ClN5O4S. The van der Waals surface area contributed by atoms with Gasteiger partial charge in [-0.3, -0.25) is 9.89 Å². The first-order valence-electron chi connectivity index (χ1n) is 10.0. The van der Waals surface area contributed by atoms with E-state index in [2.05, 4.69) is 20.3 Å². The van der Waals surface area contributed by atoms with Gasteiger partial charge in [0, 0.05) is 11.4 Å². The summed E-state index contributed by atoms with van der Waals surface area (Å²) in [4.78, 5) is 17.4. The largest absolute Gasteiger partial charge is 0.486 e. The summed E-state index contributed by atoms with van der Waals surface area (Å²) in [6.07, 6.45) is 3.67. The first-order valence-corrected chi connectivity index (χ1v) is 11.4. The molecule has 0 bridgehead atoms. The molecule has 11 heteroatoms. The minimum absolute atomic E-state index is 0.113. The quantitative estimate of drug-likeness (QED) is 0.362. The second-order valence-electron chi connectivity index (χ2n) is 7.09. The lowest BCUT2D eigenvalue weighted by atomic mass is 10.1. The first-order chi connectivity index (χ1) is 16.2. The summed E-state index contributed by atoms with van der Waals surface area (Å²) in [6.45, 7) is 0.215. The minimum Gasteiger partial charge on any atom is -0.486 e. The molecule has 1 aromatic carbocycles. The number of carbonyl (C=O) groups excluding carboxylic acids is 1. The predicted molar refractivity (Wildman–Crippen MR) is 121 cm³/mol. The van der Waals surface area contributed by atoms with Crippen LogP contribution in [0.3, 0.4) is 0 Å². The second-order valence-corrected chi connectivity index (χ2v) is 8.47. The molecule has 4 aromatic rings. The number of aromatic amines is 1. The number of hydrogen-bond donors (Lipinski definition) is 1. The Morgan fingerprint density at radius 3 is 2.76 bits per heavy atom. The van der Waals surface area contributed by atoms with E-state index in [1.54, 1.807) is 48.9 Å². The van der Waals surface area contributed by atoms with Crippen molar-refractivity contribution in [3.8, 4) is 5.75 Å². The Morgan fingerprint density at radius 1 is 1.18 bits per heavy atom. The highest BCUT2D eigenvalue weighted by molar-refractivity contribution is 7.99. The number of furan rings is 2. The Bertz CT molecular complexity index is 1240. The van der Waals surface area contributed by atoms with Crippen molar-refractivity contribution in [2.75, 3.05) is 5.75 Å². The van der Waals surface area contributed by atoms with Gasteiger partial charge in [0.2, 0.25) is 5.16 Å². The van der Waals surface area contributed by atoms with Gasteiger partial charge in [-0.05, 0) is 48.5 Å². The van der Waals surface area contributed by atoms with Crippen LogP contribution in [0.1, 0.15) is 29.8 Å². The van der Waals surface area contributed by atoms with E-state index < -0.39 is 0 Å². The van der Waals surface area contributed by atoms with Gasteiger partial charge >= 0.3 is 0 Å². The highest BCUT2D eigenvalue weighted by atomic mass is 35.5. The van der Waals surface area contributed by atoms with Crippen LogP contribution in [-0.4, -0.2) is 37.6 Å². The molecule has 0 saturated carbocycles. The number of rotatable bonds is 8. The third kappa shape index (κ3) is 4.96. The van der Waals surface area contributed by atoms with Gasteiger partial charge < -0.3 is 13.6 Å². The van der Waals surface area contributed by atoms with Crippen molar-refractivity contribution in [3.63, 3.8) is 0 Å². The average Bonchev–Trinajstić information content (AvgIpc) is 3.63. The molecule has 9 nitrogen and oxygen atoms in total. The zero-order chi connectivity index (χ0) is 22.6. The SMILES string of the molecule is O=C(CSc1n[nH]c(COc2ccc(Cl)cc2)n1)N1N=C(c2ccco2)CC1c1ccco1. The molecule has 33 heavy (non-hydrogen) atoms. The topological polar surface area (TPSA) is 110 Å². The van der Waals surface area contributed by atoms with E-state index >= 15 is 0 Å². The van der Waals surface area contributed by atoms with Gasteiger partial charge in [0.25, 0.3) is 5.91 Å². The number of carbonyl (C=O) groups is 1. The van der Waals surface area contributed by atoms with E-state index in [4.69, 9.17) is 25.2 Å². The molecule has 1 amide bonds. The number of thioether (sulfide) groups is 1. The van der Waals surface area contributed by atoms with E-state index in [-0.39, 0.29) is 24.3 Å². The number of nitrogens with zero attached hydrogens (tertiary/aromatic N) is 4. The molecule has 0 spiro atoms. The van der Waals surface area contributed by atoms with Crippen molar-refractivity contribution in [2.45, 2.75) is 24.2 Å². The Kier molecular flexibility index (Phi) is 6.18. The van der Waals surface area contributed by atoms with Crippen LogP contribution >= 0.6 is 23.4 Å². The lowest BCUT2D eigenvalue weighted by molar-refractivity contribution is -0.130. The number of hydrazone groups is 1. The highest BCUT2D eigenvalue weighted by Crippen LogP contribution is 2.34. The molecule has 1 N–H and O–H groups in total. The molecule has 0 saturated heterocycles. The van der Waals surface area contributed by atoms with Crippen molar-refractivity contribution in [2.24, 2.45) is 5.10 Å². The normalized spacial score (nSPS) is 15.6. The monoisotopic (exact) mass is 483 g/mol. The molecule has 0 fully saturated rings. The molecule has 4 heterocycles. The summed E-state index contributed by atoms with van der Waals surface area (Å²) >= 11 is 7.09. The summed E-state index contributed by atoms with van der Waals surface area (Å²) in [5.41, 5.74) is 0.694. The molecule has 5 rings (SSSR count). The number of halogens is 1. The minimum atomic E-state index is -0.330. The Hall–Kier alpha value is -3.50. The zero-order valence-corrected chi connectivity index (χ0v) is 18.8. The van der Waals surface area contributed by atoms with Gasteiger partial charge in [-0.2, -0.15) is 5.10 Å². The maximum Gasteiger partial charge on any atom is 0.253 e. The van der Waals surface area contributed by atoms with Gasteiger partial charge in [-0.25, -0.2) is 9.99 Å². The van der Waals surface area contributed by atoms with Crippen molar-refractivity contribution < 1.29 is 18.4 Å². The van der Waals surface area contributed by atoms with E-state index in [9.17, 15) is 4.79 Å². The number of benzene rings is 1. The maximum absolute atomic E-state index is 13.0. The van der Waals surface area contributed by atoms with Crippen LogP contribution in [0, 0.1) is 0 Å². The van der Waals surface area contributed by atoms with Crippen LogP contribution in [0.5, 0.6) is 5.75 Å². The molecule has 0 aliphatic carbocycles. The highest BCUT2D eigenvalue weighted by Gasteiger charge is 2.35. The van der Waals surface area contributed by atoms with Crippen molar-refractivity contribution >= 4 is 35.0 Å². The fourth-order valence-corrected chi connectivity index (χ4v) is 4.11. The van der Waals surface area contributed by atoms with Gasteiger partial charge in [-0.1, -0.05) is 23.4 Å². The van der Waals surface area contributed by atoms with Crippen LogP contribution in [0.2, 0.25) is 5.02 Å². The third-order valence-electron chi connectivity index (χ3n) is 4.87. The van der Waals surface area contributed by atoms with E-state index in [0.717, 1.165) is 0 Å². The maximum atomic E-state index is 13.0. The molecule has 3 aromatic heterocycles. The summed E-state index contributed by atoms with van der Waals surface area (Å²) in [5, 5.41) is 14.0. The number of hydrogen-bond acceptors (Lipinski definition) is 8. The van der Waals surface area contributed by atoms with Gasteiger partial charge in [0.1, 0.15) is 35.6 Å². The summed E-state index contributed by atoms with van der Waals surface area (Å²) < 4.78 is 16.7. The van der Waals surface area contributed by atoms with E-state index in [1.165, 1.54) is 16.8 Å². The fraction of sp³-hybridized carbons (Fsp3) is 0.182. The zero-order valence-electron chi connectivity index (χ0n) is 17.2. The van der Waals surface area contributed by atoms with Crippen LogP contribution < -0.4 is 4.74 Å². The number of nitrogens with one attached hydrogen (secondary N) is 1. The van der Waals surface area contributed by atoms with Crippen molar-refractivity contribution in [1.29, 1.82) is 0 Å². The fourth-order valence-electron chi connectivity index (χ4n) is 3.32. The predicted octanol–water partition coefficient (Wildman–Crippen LogP) is 4.69. The number of amides is 1. The number of aromatic nitrogens is 3. The Balaban J connectivity index is 1.21. The van der Waals surface area contributed by atoms with Crippen molar-refractivity contribution in [3.05, 3.63) is 83.4 Å². The molecule has 1 atom stereocenters. The summed E-state index contributed by atoms with van der Waals surface area (Å²) in [6, 6.07) is 13.9. The number of H-pyrrole nitrogens is 1. The summed E-state index contributed by atoms with van der Waals surface area (Å²) in [7, 11) is 0. The van der Waals surface area contributed by atoms with Crippen LogP contribution in [-0.2, 0) is 11.4 Å².